The second-order valence-corrected chi connectivity index (χ2v) is 7.02. The quantitative estimate of drug-likeness (QED) is 0.749. The van der Waals surface area contributed by atoms with E-state index in [4.69, 9.17) is 0 Å². The van der Waals surface area contributed by atoms with Gasteiger partial charge in [0.15, 0.2) is 0 Å². The number of benzene rings is 2. The number of rotatable bonds is 4. The number of aromatic nitrogens is 2. The number of aryl methyl sites for hydroxylation is 1. The molecule has 0 amide bonds. The topological polar surface area (TPSA) is 78.7 Å². The monoisotopic (exact) mass is 378 g/mol. The highest BCUT2D eigenvalue weighted by Gasteiger charge is 2.23. The van der Waals surface area contributed by atoms with Gasteiger partial charge >= 0.3 is 5.97 Å². The van der Waals surface area contributed by atoms with Gasteiger partial charge in [-0.05, 0) is 31.2 Å². The van der Waals surface area contributed by atoms with Gasteiger partial charge in [0.25, 0.3) is 5.56 Å². The maximum absolute atomic E-state index is 12.9. The molecule has 0 saturated carbocycles. The number of aliphatic carboxylic acids is 1. The zero-order valence-corrected chi connectivity index (χ0v) is 15.7. The minimum atomic E-state index is -1.06. The van der Waals surface area contributed by atoms with E-state index in [9.17, 15) is 14.7 Å². The molecular formula is C21H22N4O3. The van der Waals surface area contributed by atoms with Crippen molar-refractivity contribution in [2.45, 2.75) is 13.5 Å². The lowest BCUT2D eigenvalue weighted by Crippen LogP contribution is -2.48. The fourth-order valence-electron chi connectivity index (χ4n) is 3.60. The number of fused-ring (bicyclic) bond motifs is 1. The van der Waals surface area contributed by atoms with E-state index < -0.39 is 12.5 Å². The molecule has 144 valence electrons. The molecule has 0 unspecified atom stereocenters. The van der Waals surface area contributed by atoms with Crippen LogP contribution in [0.15, 0.2) is 53.3 Å². The van der Waals surface area contributed by atoms with Crippen LogP contribution in [0.2, 0.25) is 0 Å². The number of nitrogens with zero attached hydrogens (tertiary/aromatic N) is 4. The molecule has 1 N–H and O–H groups in total. The summed E-state index contributed by atoms with van der Waals surface area (Å²) < 4.78 is 1.27. The molecule has 1 aliphatic heterocycles. The lowest BCUT2D eigenvalue weighted by atomic mass is 10.2. The van der Waals surface area contributed by atoms with Crippen LogP contribution in [0.4, 0.5) is 11.6 Å². The van der Waals surface area contributed by atoms with Gasteiger partial charge in [0.1, 0.15) is 6.54 Å². The van der Waals surface area contributed by atoms with E-state index in [0.717, 1.165) is 13.1 Å². The van der Waals surface area contributed by atoms with Crippen molar-refractivity contribution < 1.29 is 9.90 Å². The molecule has 0 bridgehead atoms. The third kappa shape index (κ3) is 3.43. The van der Waals surface area contributed by atoms with E-state index >= 15 is 0 Å². The standard InChI is InChI=1S/C21H22N4O3/c1-15-6-8-16(9-7-15)23-10-12-24(13-11-23)21-22-18-5-3-2-4-17(18)20(28)25(21)14-19(26)27/h2-9H,10-14H2,1H3,(H,26,27). The summed E-state index contributed by atoms with van der Waals surface area (Å²) in [5, 5.41) is 9.72. The molecule has 1 aromatic heterocycles. The molecule has 7 heteroatoms. The number of carboxylic acids is 1. The van der Waals surface area contributed by atoms with E-state index in [1.165, 1.54) is 15.8 Å². The maximum atomic E-state index is 12.9. The molecular weight excluding hydrogens is 356 g/mol. The van der Waals surface area contributed by atoms with Crippen molar-refractivity contribution in [3.05, 3.63) is 64.4 Å². The molecule has 4 rings (SSSR count). The fourth-order valence-corrected chi connectivity index (χ4v) is 3.60. The van der Waals surface area contributed by atoms with Gasteiger partial charge in [0, 0.05) is 31.9 Å². The fraction of sp³-hybridized carbons (Fsp3) is 0.286. The number of piperazine rings is 1. The molecule has 7 nitrogen and oxygen atoms in total. The second kappa shape index (κ2) is 7.34. The highest BCUT2D eigenvalue weighted by atomic mass is 16.4. The lowest BCUT2D eigenvalue weighted by Gasteiger charge is -2.37. The van der Waals surface area contributed by atoms with Gasteiger partial charge in [-0.15, -0.1) is 0 Å². The van der Waals surface area contributed by atoms with Crippen molar-refractivity contribution in [3.63, 3.8) is 0 Å². The SMILES string of the molecule is Cc1ccc(N2CCN(c3nc4ccccc4c(=O)n3CC(=O)O)CC2)cc1. The summed E-state index contributed by atoms with van der Waals surface area (Å²) in [6.07, 6.45) is 0. The first-order valence-electron chi connectivity index (χ1n) is 9.31. The third-order valence-corrected chi connectivity index (χ3v) is 5.10. The average molecular weight is 378 g/mol. The lowest BCUT2D eigenvalue weighted by molar-refractivity contribution is -0.137. The Labute approximate surface area is 162 Å². The van der Waals surface area contributed by atoms with Gasteiger partial charge in [-0.1, -0.05) is 29.8 Å². The van der Waals surface area contributed by atoms with Crippen LogP contribution in [-0.4, -0.2) is 46.8 Å². The smallest absolute Gasteiger partial charge is 0.323 e. The normalized spacial score (nSPS) is 14.5. The summed E-state index contributed by atoms with van der Waals surface area (Å²) >= 11 is 0. The zero-order valence-electron chi connectivity index (χ0n) is 15.7. The Morgan fingerprint density at radius 2 is 1.64 bits per heavy atom. The molecule has 2 aromatic carbocycles. The predicted octanol–water partition coefficient (Wildman–Crippen LogP) is 2.12. The second-order valence-electron chi connectivity index (χ2n) is 7.02. The predicted molar refractivity (Wildman–Crippen MR) is 109 cm³/mol. The van der Waals surface area contributed by atoms with Crippen molar-refractivity contribution in [2.75, 3.05) is 36.0 Å². The Kier molecular flexibility index (Phi) is 4.73. The van der Waals surface area contributed by atoms with Crippen molar-refractivity contribution in [2.24, 2.45) is 0 Å². The minimum Gasteiger partial charge on any atom is -0.480 e. The van der Waals surface area contributed by atoms with E-state index in [0.29, 0.717) is 29.9 Å². The van der Waals surface area contributed by atoms with Gasteiger partial charge in [-0.3, -0.25) is 14.2 Å². The molecule has 1 aliphatic rings. The summed E-state index contributed by atoms with van der Waals surface area (Å²) in [5.74, 6) is -0.631. The summed E-state index contributed by atoms with van der Waals surface area (Å²) in [6.45, 7) is 4.55. The van der Waals surface area contributed by atoms with Gasteiger partial charge in [0.05, 0.1) is 10.9 Å². The van der Waals surface area contributed by atoms with Crippen LogP contribution in [0.3, 0.4) is 0 Å². The molecule has 1 fully saturated rings. The first kappa shape index (κ1) is 18.0. The van der Waals surface area contributed by atoms with Crippen molar-refractivity contribution in [3.8, 4) is 0 Å². The molecule has 28 heavy (non-hydrogen) atoms. The Balaban J connectivity index is 1.64. The maximum Gasteiger partial charge on any atom is 0.323 e. The van der Waals surface area contributed by atoms with E-state index in [-0.39, 0.29) is 5.56 Å². The van der Waals surface area contributed by atoms with Crippen molar-refractivity contribution >= 4 is 28.5 Å². The minimum absolute atomic E-state index is 0.316. The third-order valence-electron chi connectivity index (χ3n) is 5.10. The van der Waals surface area contributed by atoms with Crippen LogP contribution in [0.5, 0.6) is 0 Å². The van der Waals surface area contributed by atoms with Gasteiger partial charge in [-0.25, -0.2) is 4.98 Å². The molecule has 0 radical (unpaired) electrons. The van der Waals surface area contributed by atoms with Crippen LogP contribution in [0, 0.1) is 6.92 Å². The number of hydrogen-bond acceptors (Lipinski definition) is 5. The number of anilines is 2. The molecule has 0 spiro atoms. The van der Waals surface area contributed by atoms with Crippen LogP contribution >= 0.6 is 0 Å². The largest absolute Gasteiger partial charge is 0.480 e. The summed E-state index contributed by atoms with van der Waals surface area (Å²) in [5.41, 5.74) is 2.66. The first-order chi connectivity index (χ1) is 13.5. The van der Waals surface area contributed by atoms with Gasteiger partial charge < -0.3 is 14.9 Å². The van der Waals surface area contributed by atoms with Crippen LogP contribution in [0.1, 0.15) is 5.56 Å². The Hall–Kier alpha value is -3.35. The van der Waals surface area contributed by atoms with Crippen molar-refractivity contribution in [1.29, 1.82) is 0 Å². The van der Waals surface area contributed by atoms with Crippen LogP contribution in [0.25, 0.3) is 10.9 Å². The molecule has 3 aromatic rings. The summed E-state index contributed by atoms with van der Waals surface area (Å²) in [4.78, 5) is 33.1. The number of carbonyl (C=O) groups is 1. The number of hydrogen-bond donors (Lipinski definition) is 1. The summed E-state index contributed by atoms with van der Waals surface area (Å²) in [6, 6.07) is 15.5. The van der Waals surface area contributed by atoms with E-state index in [1.54, 1.807) is 18.2 Å². The molecule has 0 aliphatic carbocycles. The van der Waals surface area contributed by atoms with Crippen LogP contribution in [-0.2, 0) is 11.3 Å². The van der Waals surface area contributed by atoms with Crippen LogP contribution < -0.4 is 15.4 Å². The Morgan fingerprint density at radius 3 is 2.32 bits per heavy atom. The average Bonchev–Trinajstić information content (AvgIpc) is 2.70. The molecule has 1 saturated heterocycles. The van der Waals surface area contributed by atoms with E-state index in [1.807, 2.05) is 11.0 Å². The van der Waals surface area contributed by atoms with Gasteiger partial charge in [0.2, 0.25) is 5.95 Å². The first-order valence-corrected chi connectivity index (χ1v) is 9.31. The molecule has 0 atom stereocenters. The Morgan fingerprint density at radius 1 is 1.00 bits per heavy atom. The number of carboxylic acid groups (broad SMARTS) is 1. The Bertz CT molecular complexity index is 1070. The highest BCUT2D eigenvalue weighted by molar-refractivity contribution is 5.79. The van der Waals surface area contributed by atoms with Crippen molar-refractivity contribution in [1.82, 2.24) is 9.55 Å². The highest BCUT2D eigenvalue weighted by Crippen LogP contribution is 2.21. The summed E-state index contributed by atoms with van der Waals surface area (Å²) in [7, 11) is 0. The zero-order chi connectivity index (χ0) is 19.7. The number of para-hydroxylation sites is 1. The van der Waals surface area contributed by atoms with Gasteiger partial charge in [-0.2, -0.15) is 0 Å². The van der Waals surface area contributed by atoms with E-state index in [2.05, 4.69) is 41.1 Å². The molecule has 2 heterocycles.